The predicted octanol–water partition coefficient (Wildman–Crippen LogP) is 5.08. The molecule has 0 amide bonds. The number of hydrogen-bond acceptors (Lipinski definition) is 2. The van der Waals surface area contributed by atoms with Gasteiger partial charge < -0.3 is 10.6 Å². The second kappa shape index (κ2) is 8.85. The van der Waals surface area contributed by atoms with Crippen molar-refractivity contribution < 1.29 is 0 Å². The summed E-state index contributed by atoms with van der Waals surface area (Å²) in [6, 6.07) is 14.7. The molecule has 138 valence electrons. The number of thiocarbonyl (C=S) groups is 1. The highest BCUT2D eigenvalue weighted by Crippen LogP contribution is 2.29. The number of benzene rings is 2. The largest absolute Gasteiger partial charge is 0.361 e. The van der Waals surface area contributed by atoms with Crippen molar-refractivity contribution in [2.24, 2.45) is 0 Å². The second-order valence-electron chi connectivity index (χ2n) is 6.93. The van der Waals surface area contributed by atoms with Gasteiger partial charge in [0, 0.05) is 17.3 Å². The van der Waals surface area contributed by atoms with Crippen LogP contribution in [0.4, 0.5) is 5.69 Å². The van der Waals surface area contributed by atoms with E-state index in [9.17, 15) is 0 Å². The number of halogens is 1. The molecule has 0 aliphatic carbocycles. The maximum atomic E-state index is 6.48. The highest BCUT2D eigenvalue weighted by atomic mass is 35.5. The van der Waals surface area contributed by atoms with Gasteiger partial charge in [-0.25, -0.2) is 0 Å². The molecule has 2 N–H and O–H groups in total. The van der Waals surface area contributed by atoms with Gasteiger partial charge in [0.1, 0.15) is 0 Å². The molecule has 0 saturated carbocycles. The molecule has 1 saturated heterocycles. The van der Waals surface area contributed by atoms with Crippen LogP contribution in [0.5, 0.6) is 0 Å². The first-order valence-corrected chi connectivity index (χ1v) is 9.94. The standard InChI is InChI=1S/C21H26ClN3S/c1-15-9-10-16(2)19(13-15)24-21(26)23-14-20(25-11-5-6-12-25)17-7-3-4-8-18(17)22/h3-4,7-10,13,20H,5-6,11-12,14H2,1-2H3,(H2,23,24,26)/t20-/m1/s1. The maximum absolute atomic E-state index is 6.48. The van der Waals surface area contributed by atoms with Gasteiger partial charge in [0.25, 0.3) is 0 Å². The Labute approximate surface area is 166 Å². The summed E-state index contributed by atoms with van der Waals surface area (Å²) in [5.74, 6) is 0. The Morgan fingerprint density at radius 1 is 1.15 bits per heavy atom. The minimum absolute atomic E-state index is 0.226. The topological polar surface area (TPSA) is 27.3 Å². The van der Waals surface area contributed by atoms with Crippen LogP contribution in [0.3, 0.4) is 0 Å². The van der Waals surface area contributed by atoms with Gasteiger partial charge >= 0.3 is 0 Å². The third kappa shape index (κ3) is 4.76. The highest BCUT2D eigenvalue weighted by Gasteiger charge is 2.25. The van der Waals surface area contributed by atoms with Crippen molar-refractivity contribution >= 4 is 34.6 Å². The zero-order valence-corrected chi connectivity index (χ0v) is 17.0. The van der Waals surface area contributed by atoms with E-state index in [0.717, 1.165) is 35.9 Å². The van der Waals surface area contributed by atoms with Crippen LogP contribution in [0.2, 0.25) is 5.02 Å². The van der Waals surface area contributed by atoms with Crippen LogP contribution in [0.25, 0.3) is 0 Å². The van der Waals surface area contributed by atoms with E-state index < -0.39 is 0 Å². The lowest BCUT2D eigenvalue weighted by atomic mass is 10.1. The molecule has 1 atom stereocenters. The van der Waals surface area contributed by atoms with Crippen molar-refractivity contribution in [3.63, 3.8) is 0 Å². The summed E-state index contributed by atoms with van der Waals surface area (Å²) in [5.41, 5.74) is 4.62. The molecule has 5 heteroatoms. The quantitative estimate of drug-likeness (QED) is 0.699. The van der Waals surface area contributed by atoms with Crippen LogP contribution in [0, 0.1) is 13.8 Å². The van der Waals surface area contributed by atoms with Crippen LogP contribution in [0.1, 0.15) is 35.6 Å². The number of rotatable bonds is 5. The van der Waals surface area contributed by atoms with Crippen molar-refractivity contribution in [1.82, 2.24) is 10.2 Å². The lowest BCUT2D eigenvalue weighted by Gasteiger charge is -2.29. The lowest BCUT2D eigenvalue weighted by Crippen LogP contribution is -2.38. The summed E-state index contributed by atoms with van der Waals surface area (Å²) in [5, 5.41) is 8.20. The number of likely N-dealkylation sites (tertiary alicyclic amines) is 1. The average Bonchev–Trinajstić information content (AvgIpc) is 3.14. The Bertz CT molecular complexity index is 772. The molecule has 2 aromatic carbocycles. The summed E-state index contributed by atoms with van der Waals surface area (Å²) in [7, 11) is 0. The first-order valence-electron chi connectivity index (χ1n) is 9.15. The average molecular weight is 388 g/mol. The van der Waals surface area contributed by atoms with Gasteiger partial charge in [-0.1, -0.05) is 41.9 Å². The minimum atomic E-state index is 0.226. The van der Waals surface area contributed by atoms with Gasteiger partial charge in [0.05, 0.1) is 6.04 Å². The Morgan fingerprint density at radius 2 is 1.88 bits per heavy atom. The van der Waals surface area contributed by atoms with Crippen LogP contribution in [-0.2, 0) is 0 Å². The van der Waals surface area contributed by atoms with E-state index in [0.29, 0.717) is 5.11 Å². The molecule has 3 nitrogen and oxygen atoms in total. The van der Waals surface area contributed by atoms with Crippen molar-refractivity contribution in [2.45, 2.75) is 32.7 Å². The fourth-order valence-electron chi connectivity index (χ4n) is 3.46. The molecule has 1 heterocycles. The predicted molar refractivity (Wildman–Crippen MR) is 115 cm³/mol. The summed E-state index contributed by atoms with van der Waals surface area (Å²) < 4.78 is 0. The number of anilines is 1. The number of nitrogens with one attached hydrogen (secondary N) is 2. The van der Waals surface area contributed by atoms with Crippen molar-refractivity contribution in [3.05, 3.63) is 64.2 Å². The monoisotopic (exact) mass is 387 g/mol. The van der Waals surface area contributed by atoms with Crippen LogP contribution in [0.15, 0.2) is 42.5 Å². The Balaban J connectivity index is 1.68. The first kappa shape index (κ1) is 19.2. The Hall–Kier alpha value is -1.62. The molecule has 2 aromatic rings. The zero-order valence-electron chi connectivity index (χ0n) is 15.4. The van der Waals surface area contributed by atoms with E-state index in [2.05, 4.69) is 59.7 Å². The Kier molecular flexibility index (Phi) is 6.52. The van der Waals surface area contributed by atoms with Crippen LogP contribution in [-0.4, -0.2) is 29.6 Å². The molecule has 0 bridgehead atoms. The molecule has 0 unspecified atom stereocenters. The smallest absolute Gasteiger partial charge is 0.170 e. The lowest BCUT2D eigenvalue weighted by molar-refractivity contribution is 0.246. The molecule has 3 rings (SSSR count). The van der Waals surface area contributed by atoms with Gasteiger partial charge in [-0.3, -0.25) is 4.90 Å². The number of hydrogen-bond donors (Lipinski definition) is 2. The molecule has 0 aromatic heterocycles. The first-order chi connectivity index (χ1) is 12.5. The van der Waals surface area contributed by atoms with Crippen molar-refractivity contribution in [1.29, 1.82) is 0 Å². The minimum Gasteiger partial charge on any atom is -0.361 e. The van der Waals surface area contributed by atoms with Crippen molar-refractivity contribution in [3.8, 4) is 0 Å². The van der Waals surface area contributed by atoms with Crippen molar-refractivity contribution in [2.75, 3.05) is 25.0 Å². The fourth-order valence-corrected chi connectivity index (χ4v) is 3.92. The van der Waals surface area contributed by atoms with E-state index in [1.54, 1.807) is 0 Å². The van der Waals surface area contributed by atoms with Gasteiger partial charge in [-0.15, -0.1) is 0 Å². The summed E-state index contributed by atoms with van der Waals surface area (Å²) in [6.45, 7) is 7.12. The molecule has 0 radical (unpaired) electrons. The van der Waals surface area contributed by atoms with Gasteiger partial charge in [-0.05, 0) is 80.8 Å². The Morgan fingerprint density at radius 3 is 2.62 bits per heavy atom. The normalized spacial score (nSPS) is 15.7. The molecule has 1 aliphatic heterocycles. The van der Waals surface area contributed by atoms with Crippen LogP contribution >= 0.6 is 23.8 Å². The van der Waals surface area contributed by atoms with E-state index in [-0.39, 0.29) is 6.04 Å². The molecule has 1 fully saturated rings. The molecular formula is C21H26ClN3S. The highest BCUT2D eigenvalue weighted by molar-refractivity contribution is 7.80. The van der Waals surface area contributed by atoms with E-state index in [1.165, 1.54) is 24.0 Å². The van der Waals surface area contributed by atoms with E-state index in [1.807, 2.05) is 12.1 Å². The molecule has 0 spiro atoms. The molecule has 26 heavy (non-hydrogen) atoms. The number of aryl methyl sites for hydroxylation is 2. The molecule has 1 aliphatic rings. The van der Waals surface area contributed by atoms with Gasteiger partial charge in [-0.2, -0.15) is 0 Å². The van der Waals surface area contributed by atoms with Crippen LogP contribution < -0.4 is 10.6 Å². The third-order valence-corrected chi connectivity index (χ3v) is 5.53. The summed E-state index contributed by atoms with van der Waals surface area (Å²) in [4.78, 5) is 2.49. The maximum Gasteiger partial charge on any atom is 0.170 e. The molecular weight excluding hydrogens is 362 g/mol. The SMILES string of the molecule is Cc1ccc(C)c(NC(=S)NC[C@H](c2ccccc2Cl)N2CCCC2)c1. The van der Waals surface area contributed by atoms with E-state index >= 15 is 0 Å². The van der Waals surface area contributed by atoms with Gasteiger partial charge in [0.15, 0.2) is 5.11 Å². The fraction of sp³-hybridized carbons (Fsp3) is 0.381. The summed E-state index contributed by atoms with van der Waals surface area (Å²) in [6.07, 6.45) is 2.48. The van der Waals surface area contributed by atoms with Gasteiger partial charge in [0.2, 0.25) is 0 Å². The van der Waals surface area contributed by atoms with E-state index in [4.69, 9.17) is 23.8 Å². The zero-order chi connectivity index (χ0) is 18.5. The second-order valence-corrected chi connectivity index (χ2v) is 7.75. The summed E-state index contributed by atoms with van der Waals surface area (Å²) >= 11 is 12.0. The third-order valence-electron chi connectivity index (χ3n) is 4.94. The number of nitrogens with zero attached hydrogens (tertiary/aromatic N) is 1.